The average Bonchev–Trinajstić information content (AvgIpc) is 3.37. The number of hydrogen-bond acceptors (Lipinski definition) is 6. The molecule has 1 amide bonds. The van der Waals surface area contributed by atoms with Crippen molar-refractivity contribution in [2.45, 2.75) is 32.0 Å². The Balaban J connectivity index is 1.50. The minimum atomic E-state index is 0.00139. The molecule has 0 spiro atoms. The van der Waals surface area contributed by atoms with Gasteiger partial charge >= 0.3 is 0 Å². The number of fused-ring (bicyclic) bond motifs is 1. The van der Waals surface area contributed by atoms with Gasteiger partial charge in [-0.3, -0.25) is 9.59 Å². The molecule has 0 saturated carbocycles. The van der Waals surface area contributed by atoms with Crippen LogP contribution in [0.15, 0.2) is 40.1 Å². The predicted molar refractivity (Wildman–Crippen MR) is 107 cm³/mol. The van der Waals surface area contributed by atoms with Gasteiger partial charge in [-0.1, -0.05) is 11.8 Å². The van der Waals surface area contributed by atoms with Crippen LogP contribution >= 0.6 is 11.8 Å². The molecule has 1 aliphatic heterocycles. The number of ketones is 1. The third-order valence-corrected chi connectivity index (χ3v) is 5.91. The van der Waals surface area contributed by atoms with Crippen molar-refractivity contribution in [2.75, 3.05) is 17.7 Å². The summed E-state index contributed by atoms with van der Waals surface area (Å²) < 4.78 is 7.34. The molecule has 0 fully saturated rings. The molecule has 8 heteroatoms. The zero-order valence-electron chi connectivity index (χ0n) is 15.9. The number of nitrogens with zero attached hydrogens (tertiary/aromatic N) is 4. The molecule has 28 heavy (non-hydrogen) atoms. The van der Waals surface area contributed by atoms with Gasteiger partial charge in [-0.05, 0) is 43.7 Å². The minimum Gasteiger partial charge on any atom is -0.469 e. The van der Waals surface area contributed by atoms with Crippen molar-refractivity contribution in [3.8, 4) is 11.4 Å². The Morgan fingerprint density at radius 3 is 2.82 bits per heavy atom. The highest BCUT2D eigenvalue weighted by Gasteiger charge is 2.25. The summed E-state index contributed by atoms with van der Waals surface area (Å²) >= 11 is 1.36. The first-order chi connectivity index (χ1) is 13.5. The van der Waals surface area contributed by atoms with Crippen molar-refractivity contribution < 1.29 is 14.0 Å². The lowest BCUT2D eigenvalue weighted by Crippen LogP contribution is -2.20. The molecule has 0 aliphatic carbocycles. The van der Waals surface area contributed by atoms with E-state index < -0.39 is 0 Å². The van der Waals surface area contributed by atoms with Gasteiger partial charge in [0.05, 0.1) is 24.0 Å². The molecule has 1 aliphatic rings. The van der Waals surface area contributed by atoms with E-state index in [1.54, 1.807) is 24.3 Å². The Hall–Kier alpha value is -2.87. The van der Waals surface area contributed by atoms with Crippen molar-refractivity contribution in [1.29, 1.82) is 0 Å². The molecule has 0 radical (unpaired) electrons. The lowest BCUT2D eigenvalue weighted by molar-refractivity contribution is -0.117. The molecular weight excluding hydrogens is 376 g/mol. The van der Waals surface area contributed by atoms with Crippen molar-refractivity contribution in [1.82, 2.24) is 14.8 Å². The highest BCUT2D eigenvalue weighted by Crippen LogP contribution is 2.30. The molecule has 0 bridgehead atoms. The van der Waals surface area contributed by atoms with Gasteiger partial charge in [-0.15, -0.1) is 10.2 Å². The SMILES string of the molecule is CCn1c(SCC(=O)c2ccc3c(c2)CC(=O)N3C)nnc1-c1ccoc1C. The van der Waals surface area contributed by atoms with Crippen molar-refractivity contribution in [2.24, 2.45) is 0 Å². The molecular formula is C20H20N4O3S. The van der Waals surface area contributed by atoms with Crippen molar-refractivity contribution in [3.63, 3.8) is 0 Å². The summed E-state index contributed by atoms with van der Waals surface area (Å²) in [7, 11) is 1.75. The summed E-state index contributed by atoms with van der Waals surface area (Å²) in [4.78, 5) is 26.1. The van der Waals surface area contributed by atoms with Crippen molar-refractivity contribution >= 4 is 29.1 Å². The molecule has 2 aromatic heterocycles. The molecule has 0 N–H and O–H groups in total. The number of Topliss-reactive ketones (excluding diaryl/α,β-unsaturated/α-hetero) is 1. The lowest BCUT2D eigenvalue weighted by Gasteiger charge is -2.10. The number of hydrogen-bond donors (Lipinski definition) is 0. The molecule has 0 atom stereocenters. The van der Waals surface area contributed by atoms with Gasteiger partial charge in [0, 0.05) is 24.8 Å². The van der Waals surface area contributed by atoms with E-state index in [0.29, 0.717) is 23.7 Å². The van der Waals surface area contributed by atoms with E-state index in [2.05, 4.69) is 10.2 Å². The topological polar surface area (TPSA) is 81.2 Å². The maximum Gasteiger partial charge on any atom is 0.231 e. The van der Waals surface area contributed by atoms with Crippen LogP contribution in [0.25, 0.3) is 11.4 Å². The van der Waals surface area contributed by atoms with Crippen LogP contribution in [-0.2, 0) is 17.8 Å². The Morgan fingerprint density at radius 1 is 1.29 bits per heavy atom. The molecule has 4 rings (SSSR count). The Bertz CT molecular complexity index is 1070. The van der Waals surface area contributed by atoms with Crippen LogP contribution in [0.2, 0.25) is 0 Å². The highest BCUT2D eigenvalue weighted by atomic mass is 32.2. The predicted octanol–water partition coefficient (Wildman–Crippen LogP) is 3.36. The summed E-state index contributed by atoms with van der Waals surface area (Å²) in [6, 6.07) is 7.31. The zero-order chi connectivity index (χ0) is 19.8. The van der Waals surface area contributed by atoms with Gasteiger partial charge in [0.2, 0.25) is 5.91 Å². The smallest absolute Gasteiger partial charge is 0.231 e. The Labute approximate surface area is 166 Å². The zero-order valence-corrected chi connectivity index (χ0v) is 16.7. The van der Waals surface area contributed by atoms with E-state index in [1.165, 1.54) is 11.8 Å². The summed E-state index contributed by atoms with van der Waals surface area (Å²) in [6.45, 7) is 4.59. The van der Waals surface area contributed by atoms with Crippen LogP contribution < -0.4 is 4.90 Å². The lowest BCUT2D eigenvalue weighted by atomic mass is 10.1. The number of carbonyl (C=O) groups excluding carboxylic acids is 2. The normalized spacial score (nSPS) is 13.2. The largest absolute Gasteiger partial charge is 0.469 e. The monoisotopic (exact) mass is 396 g/mol. The number of thioether (sulfide) groups is 1. The number of furan rings is 1. The molecule has 144 valence electrons. The third kappa shape index (κ3) is 3.13. The number of likely N-dealkylation sites (N-methyl/N-ethyl adjacent to an activating group) is 1. The van der Waals surface area contributed by atoms with E-state index in [-0.39, 0.29) is 17.4 Å². The van der Waals surface area contributed by atoms with E-state index >= 15 is 0 Å². The van der Waals surface area contributed by atoms with Crippen LogP contribution in [-0.4, -0.2) is 39.3 Å². The maximum atomic E-state index is 12.7. The van der Waals surface area contributed by atoms with Crippen LogP contribution in [0.4, 0.5) is 5.69 Å². The summed E-state index contributed by atoms with van der Waals surface area (Å²) in [5, 5.41) is 9.24. The fourth-order valence-electron chi connectivity index (χ4n) is 3.35. The number of aromatic nitrogens is 3. The van der Waals surface area contributed by atoms with E-state index in [0.717, 1.165) is 28.4 Å². The average molecular weight is 396 g/mol. The standard InChI is InChI=1S/C20H20N4O3S/c1-4-24-19(15-7-8-27-12(15)2)21-22-20(24)28-11-17(25)13-5-6-16-14(9-13)10-18(26)23(16)3/h5-9H,4,10-11H2,1-3H3. The van der Waals surface area contributed by atoms with Crippen LogP contribution in [0.1, 0.15) is 28.6 Å². The van der Waals surface area contributed by atoms with Crippen LogP contribution in [0.5, 0.6) is 0 Å². The second-order valence-electron chi connectivity index (χ2n) is 6.63. The van der Waals surface area contributed by atoms with Crippen LogP contribution in [0, 0.1) is 6.92 Å². The van der Waals surface area contributed by atoms with Gasteiger partial charge in [-0.2, -0.15) is 0 Å². The number of amides is 1. The van der Waals surface area contributed by atoms with E-state index in [1.807, 2.05) is 36.6 Å². The summed E-state index contributed by atoms with van der Waals surface area (Å²) in [5.74, 6) is 1.83. The number of aryl methyl sites for hydroxylation is 1. The Morgan fingerprint density at radius 2 is 2.11 bits per heavy atom. The Kier molecular flexibility index (Phi) is 4.80. The van der Waals surface area contributed by atoms with Crippen LogP contribution in [0.3, 0.4) is 0 Å². The van der Waals surface area contributed by atoms with Gasteiger partial charge in [-0.25, -0.2) is 0 Å². The summed E-state index contributed by atoms with van der Waals surface area (Å²) in [6.07, 6.45) is 1.98. The third-order valence-electron chi connectivity index (χ3n) is 4.94. The van der Waals surface area contributed by atoms with E-state index in [4.69, 9.17) is 4.42 Å². The van der Waals surface area contributed by atoms with Gasteiger partial charge in [0.25, 0.3) is 0 Å². The molecule has 7 nitrogen and oxygen atoms in total. The molecule has 3 heterocycles. The molecule has 0 unspecified atom stereocenters. The second kappa shape index (κ2) is 7.27. The first-order valence-corrected chi connectivity index (χ1v) is 10.0. The number of rotatable bonds is 6. The van der Waals surface area contributed by atoms with Gasteiger partial charge in [0.1, 0.15) is 5.76 Å². The molecule has 1 aromatic carbocycles. The summed E-state index contributed by atoms with van der Waals surface area (Å²) in [5.41, 5.74) is 3.29. The number of carbonyl (C=O) groups is 2. The molecule has 0 saturated heterocycles. The highest BCUT2D eigenvalue weighted by molar-refractivity contribution is 7.99. The minimum absolute atomic E-state index is 0.00139. The quantitative estimate of drug-likeness (QED) is 0.469. The van der Waals surface area contributed by atoms with Gasteiger partial charge < -0.3 is 13.9 Å². The number of anilines is 1. The van der Waals surface area contributed by atoms with Gasteiger partial charge in [0.15, 0.2) is 16.8 Å². The second-order valence-corrected chi connectivity index (χ2v) is 7.57. The molecule has 3 aromatic rings. The van der Waals surface area contributed by atoms with E-state index in [9.17, 15) is 9.59 Å². The van der Waals surface area contributed by atoms with Crippen molar-refractivity contribution in [3.05, 3.63) is 47.4 Å². The first-order valence-electron chi connectivity index (χ1n) is 9.02. The fourth-order valence-corrected chi connectivity index (χ4v) is 4.25. The fraction of sp³-hybridized carbons (Fsp3) is 0.300. The number of benzene rings is 1. The first kappa shape index (κ1) is 18.5. The maximum absolute atomic E-state index is 12.7.